The largest absolute Gasteiger partial charge is 0.380 e. The quantitative estimate of drug-likeness (QED) is 0.477. The molecule has 1 amide bonds. The van der Waals surface area contributed by atoms with Crippen LogP contribution in [0.4, 0.5) is 5.69 Å². The number of fused-ring (bicyclic) bond motifs is 1. The third-order valence-electron chi connectivity index (χ3n) is 6.18. The molecule has 1 aliphatic heterocycles. The van der Waals surface area contributed by atoms with Gasteiger partial charge in [0.1, 0.15) is 5.75 Å². The Balaban J connectivity index is 1.53. The van der Waals surface area contributed by atoms with E-state index in [4.69, 9.17) is 9.32 Å². The zero-order valence-electron chi connectivity index (χ0n) is 20.6. The average molecular weight is 509 g/mol. The first kappa shape index (κ1) is 25.7. The van der Waals surface area contributed by atoms with Crippen molar-refractivity contribution in [3.8, 4) is 5.75 Å². The monoisotopic (exact) mass is 508 g/mol. The number of nitrogens with two attached hydrogens (primary N) is 1. The molecule has 1 heterocycles. The van der Waals surface area contributed by atoms with E-state index in [-0.39, 0.29) is 11.7 Å². The maximum absolute atomic E-state index is 13.5. The number of anilines is 1. The summed E-state index contributed by atoms with van der Waals surface area (Å²) in [5.74, 6) is 0.0810. The topological polar surface area (TPSA) is 96.2 Å². The predicted octanol–water partition coefficient (Wildman–Crippen LogP) is 3.04. The number of hydrogen-bond acceptors (Lipinski definition) is 6. The predicted molar refractivity (Wildman–Crippen MR) is 141 cm³/mol. The summed E-state index contributed by atoms with van der Waals surface area (Å²) in [6.45, 7) is 3.41. The van der Waals surface area contributed by atoms with Gasteiger partial charge in [-0.05, 0) is 67.5 Å². The van der Waals surface area contributed by atoms with Crippen molar-refractivity contribution in [2.24, 2.45) is 5.14 Å². The van der Waals surface area contributed by atoms with Crippen molar-refractivity contribution >= 4 is 21.9 Å². The van der Waals surface area contributed by atoms with Gasteiger partial charge in [-0.25, -0.2) is 0 Å². The lowest BCUT2D eigenvalue weighted by Crippen LogP contribution is -2.36. The van der Waals surface area contributed by atoms with Crippen LogP contribution < -0.4 is 14.2 Å². The molecule has 0 spiro atoms. The van der Waals surface area contributed by atoms with Crippen molar-refractivity contribution in [1.29, 1.82) is 0 Å². The van der Waals surface area contributed by atoms with Gasteiger partial charge >= 0.3 is 10.3 Å². The zero-order chi connectivity index (χ0) is 25.7. The Hall–Kier alpha value is -3.40. The molecule has 0 bridgehead atoms. The first-order valence-electron chi connectivity index (χ1n) is 11.8. The van der Waals surface area contributed by atoms with Crippen LogP contribution in [0.5, 0.6) is 5.75 Å². The summed E-state index contributed by atoms with van der Waals surface area (Å²) in [6.07, 6.45) is 0.680. The third-order valence-corrected chi connectivity index (χ3v) is 6.61. The van der Waals surface area contributed by atoms with Gasteiger partial charge in [0.05, 0.1) is 0 Å². The molecule has 9 heteroatoms. The molecule has 0 atom stereocenters. The van der Waals surface area contributed by atoms with Crippen LogP contribution in [0, 0.1) is 0 Å². The number of nitrogens with zero attached hydrogens (tertiary/aromatic N) is 3. The van der Waals surface area contributed by atoms with E-state index in [9.17, 15) is 13.2 Å². The average Bonchev–Trinajstić information content (AvgIpc) is 2.85. The summed E-state index contributed by atoms with van der Waals surface area (Å²) in [4.78, 5) is 19.7. The van der Waals surface area contributed by atoms with Gasteiger partial charge in [-0.1, -0.05) is 42.5 Å². The summed E-state index contributed by atoms with van der Waals surface area (Å²) >= 11 is 0. The molecule has 3 aromatic carbocycles. The molecule has 8 nitrogen and oxygen atoms in total. The van der Waals surface area contributed by atoms with Crippen molar-refractivity contribution in [2.75, 3.05) is 38.6 Å². The van der Waals surface area contributed by atoms with Crippen LogP contribution in [0.2, 0.25) is 0 Å². The van der Waals surface area contributed by atoms with E-state index in [0.717, 1.165) is 36.4 Å². The number of amides is 1. The minimum atomic E-state index is -4.11. The Morgan fingerprint density at radius 2 is 1.75 bits per heavy atom. The highest BCUT2D eigenvalue weighted by Gasteiger charge is 2.23. The van der Waals surface area contributed by atoms with E-state index in [2.05, 4.69) is 21.9 Å². The van der Waals surface area contributed by atoms with Crippen LogP contribution in [-0.4, -0.2) is 57.9 Å². The smallest absolute Gasteiger partial charge is 0.371 e. The van der Waals surface area contributed by atoms with Crippen LogP contribution in [-0.2, 0) is 29.8 Å². The van der Waals surface area contributed by atoms with Crippen molar-refractivity contribution in [1.82, 2.24) is 9.80 Å². The number of carbonyl (C=O) groups is 1. The minimum absolute atomic E-state index is 0.0625. The SMILES string of the molecule is CN(C)CCN(Cc1ccccc1)c1cccc(C(=O)N2CCc3ccc(OS(N)(=O)=O)cc3C2)c1. The van der Waals surface area contributed by atoms with Gasteiger partial charge in [0, 0.05) is 44.0 Å². The second kappa shape index (κ2) is 11.1. The number of carbonyl (C=O) groups excluding carboxylic acids is 1. The Bertz CT molecular complexity index is 1310. The highest BCUT2D eigenvalue weighted by molar-refractivity contribution is 7.84. The van der Waals surface area contributed by atoms with Gasteiger partial charge < -0.3 is 18.9 Å². The van der Waals surface area contributed by atoms with Crippen molar-refractivity contribution in [2.45, 2.75) is 19.5 Å². The maximum atomic E-state index is 13.5. The fourth-order valence-electron chi connectivity index (χ4n) is 4.33. The van der Waals surface area contributed by atoms with E-state index in [0.29, 0.717) is 25.1 Å². The van der Waals surface area contributed by atoms with Crippen LogP contribution >= 0.6 is 0 Å². The molecule has 2 N–H and O–H groups in total. The van der Waals surface area contributed by atoms with E-state index in [1.165, 1.54) is 5.56 Å². The molecular weight excluding hydrogens is 476 g/mol. The lowest BCUT2D eigenvalue weighted by atomic mass is 9.98. The van der Waals surface area contributed by atoms with E-state index in [1.807, 2.05) is 62.6 Å². The Morgan fingerprint density at radius 3 is 2.47 bits per heavy atom. The lowest BCUT2D eigenvalue weighted by Gasteiger charge is -2.30. The molecule has 0 aliphatic carbocycles. The van der Waals surface area contributed by atoms with Crippen LogP contribution in [0.3, 0.4) is 0 Å². The normalized spacial score (nSPS) is 13.4. The molecule has 0 fully saturated rings. The van der Waals surface area contributed by atoms with Gasteiger partial charge in [0.2, 0.25) is 0 Å². The number of benzene rings is 3. The molecule has 1 aliphatic rings. The lowest BCUT2D eigenvalue weighted by molar-refractivity contribution is 0.0734. The van der Waals surface area contributed by atoms with Gasteiger partial charge in [-0.2, -0.15) is 13.6 Å². The fourth-order valence-corrected chi connectivity index (χ4v) is 4.71. The highest BCUT2D eigenvalue weighted by atomic mass is 32.2. The molecule has 190 valence electrons. The van der Waals surface area contributed by atoms with Crippen LogP contribution in [0.25, 0.3) is 0 Å². The number of likely N-dealkylation sites (N-methyl/N-ethyl adjacent to an activating group) is 1. The number of hydrogen-bond donors (Lipinski definition) is 1. The molecule has 0 aromatic heterocycles. The van der Waals surface area contributed by atoms with E-state index in [1.54, 1.807) is 17.0 Å². The molecule has 0 radical (unpaired) electrons. The summed E-state index contributed by atoms with van der Waals surface area (Å²) in [5, 5.41) is 5.00. The van der Waals surface area contributed by atoms with Gasteiger partial charge in [0.15, 0.2) is 0 Å². The number of rotatable bonds is 9. The standard InChI is InChI=1S/C27H32N4O4S/c1-29(2)15-16-30(19-21-7-4-3-5-8-21)25-10-6-9-23(17-25)27(32)31-14-13-22-11-12-26(18-24(22)20-31)35-36(28,33)34/h3-12,17-18H,13-16,19-20H2,1-2H3,(H2,28,33,34). The van der Waals surface area contributed by atoms with E-state index >= 15 is 0 Å². The second-order valence-corrected chi connectivity index (χ2v) is 10.4. The van der Waals surface area contributed by atoms with Gasteiger partial charge in [0.25, 0.3) is 5.91 Å². The minimum Gasteiger partial charge on any atom is -0.371 e. The first-order chi connectivity index (χ1) is 17.2. The molecular formula is C27H32N4O4S. The molecule has 0 saturated carbocycles. The first-order valence-corrected chi connectivity index (χ1v) is 13.3. The molecule has 4 rings (SSSR count). The highest BCUT2D eigenvalue weighted by Crippen LogP contribution is 2.26. The maximum Gasteiger partial charge on any atom is 0.380 e. The molecule has 3 aromatic rings. The van der Waals surface area contributed by atoms with Gasteiger partial charge in [-0.3, -0.25) is 4.79 Å². The van der Waals surface area contributed by atoms with Crippen LogP contribution in [0.15, 0.2) is 72.8 Å². The second-order valence-electron chi connectivity index (χ2n) is 9.24. The summed E-state index contributed by atoms with van der Waals surface area (Å²) < 4.78 is 27.4. The Morgan fingerprint density at radius 1 is 0.972 bits per heavy atom. The van der Waals surface area contributed by atoms with Gasteiger partial charge in [-0.15, -0.1) is 0 Å². The van der Waals surface area contributed by atoms with Crippen molar-refractivity contribution in [3.63, 3.8) is 0 Å². The fraction of sp³-hybridized carbons (Fsp3) is 0.296. The van der Waals surface area contributed by atoms with Crippen LogP contribution in [0.1, 0.15) is 27.0 Å². The van der Waals surface area contributed by atoms with E-state index < -0.39 is 10.3 Å². The van der Waals surface area contributed by atoms with Crippen molar-refractivity contribution < 1.29 is 17.4 Å². The third kappa shape index (κ3) is 6.84. The summed E-state index contributed by atoms with van der Waals surface area (Å²) in [6, 6.07) is 23.1. The molecule has 36 heavy (non-hydrogen) atoms. The summed E-state index contributed by atoms with van der Waals surface area (Å²) in [5.41, 5.74) is 4.73. The Kier molecular flexibility index (Phi) is 7.93. The summed E-state index contributed by atoms with van der Waals surface area (Å²) in [7, 11) is -0.0110. The molecule has 0 unspecified atom stereocenters. The van der Waals surface area contributed by atoms with Crippen molar-refractivity contribution in [3.05, 3.63) is 95.1 Å². The zero-order valence-corrected chi connectivity index (χ0v) is 21.4. The molecule has 0 saturated heterocycles. The Labute approximate surface area is 213 Å².